The van der Waals surface area contributed by atoms with Crippen LogP contribution in [0.2, 0.25) is 0 Å². The molecule has 240 valence electrons. The van der Waals surface area contributed by atoms with Gasteiger partial charge < -0.3 is 23.5 Å². The Bertz CT molecular complexity index is 1760. The standard InChI is InChI=1S/C31H36FN5O7S/c1-19-10-15-26(43-19)28-33-34-29(37(28)27-24(41-5)8-7-9-25(27)42-6)35-45(39,40)23-16-21(20-11-13-22(32)14-12-20)17-36(18-23)30(38)44-31(2,3)4/h7-15,21,23H,16-18H2,1-6H3,(H,34,35)/t21-,23-/m1/s1. The Hall–Kier alpha value is -4.59. The smallest absolute Gasteiger partial charge is 0.410 e. The predicted octanol–water partition coefficient (Wildman–Crippen LogP) is 5.53. The second-order valence-corrected chi connectivity index (χ2v) is 13.7. The van der Waals surface area contributed by atoms with E-state index in [1.807, 2.05) is 0 Å². The predicted molar refractivity (Wildman–Crippen MR) is 165 cm³/mol. The van der Waals surface area contributed by atoms with Crippen molar-refractivity contribution >= 4 is 22.1 Å². The number of nitrogens with zero attached hydrogens (tertiary/aromatic N) is 4. The molecule has 45 heavy (non-hydrogen) atoms. The number of sulfonamides is 1. The number of ether oxygens (including phenoxy) is 3. The molecule has 2 atom stereocenters. The third kappa shape index (κ3) is 6.90. The number of benzene rings is 2. The van der Waals surface area contributed by atoms with Crippen molar-refractivity contribution in [2.24, 2.45) is 0 Å². The first-order valence-corrected chi connectivity index (χ1v) is 15.8. The molecule has 1 aliphatic rings. The van der Waals surface area contributed by atoms with Gasteiger partial charge in [-0.05, 0) is 76.1 Å². The lowest BCUT2D eigenvalue weighted by Crippen LogP contribution is -2.50. The van der Waals surface area contributed by atoms with Crippen LogP contribution in [0.15, 0.2) is 59.0 Å². The van der Waals surface area contributed by atoms with Crippen LogP contribution in [0.5, 0.6) is 11.5 Å². The number of aryl methyl sites for hydroxylation is 1. The van der Waals surface area contributed by atoms with Crippen LogP contribution in [0.25, 0.3) is 17.3 Å². The number of furan rings is 1. The van der Waals surface area contributed by atoms with Gasteiger partial charge in [-0.25, -0.2) is 17.6 Å². The number of halogens is 1. The molecule has 1 N–H and O–H groups in total. The van der Waals surface area contributed by atoms with E-state index in [1.165, 1.54) is 35.8 Å². The van der Waals surface area contributed by atoms with Gasteiger partial charge in [-0.3, -0.25) is 9.29 Å². The van der Waals surface area contributed by atoms with Crippen LogP contribution in [0, 0.1) is 12.7 Å². The van der Waals surface area contributed by atoms with E-state index in [9.17, 15) is 17.6 Å². The highest BCUT2D eigenvalue weighted by molar-refractivity contribution is 7.93. The van der Waals surface area contributed by atoms with Crippen molar-refractivity contribution < 1.29 is 36.2 Å². The van der Waals surface area contributed by atoms with Gasteiger partial charge in [0.25, 0.3) is 0 Å². The van der Waals surface area contributed by atoms with Gasteiger partial charge in [0.05, 0.1) is 19.5 Å². The van der Waals surface area contributed by atoms with Gasteiger partial charge in [0.1, 0.15) is 34.4 Å². The zero-order chi connectivity index (χ0) is 32.5. The summed E-state index contributed by atoms with van der Waals surface area (Å²) in [7, 11) is -1.28. The number of methoxy groups -OCH3 is 2. The Morgan fingerprint density at radius 3 is 2.24 bits per heavy atom. The Balaban J connectivity index is 1.56. The normalized spacial score (nSPS) is 17.2. The van der Waals surface area contributed by atoms with Crippen LogP contribution >= 0.6 is 0 Å². The average molecular weight is 642 g/mol. The Kier molecular flexibility index (Phi) is 8.79. The molecule has 3 heterocycles. The van der Waals surface area contributed by atoms with E-state index in [4.69, 9.17) is 18.6 Å². The number of para-hydroxylation sites is 1. The lowest BCUT2D eigenvalue weighted by molar-refractivity contribution is 0.0202. The maximum Gasteiger partial charge on any atom is 0.410 e. The fourth-order valence-electron chi connectivity index (χ4n) is 5.27. The SMILES string of the molecule is COc1cccc(OC)c1-n1c(NS(=O)(=O)[C@@H]2C[C@@H](c3ccc(F)cc3)CN(C(=O)OC(C)(C)C)C2)nnc1-c1ccc(C)o1. The summed E-state index contributed by atoms with van der Waals surface area (Å²) < 4.78 is 68.8. The minimum absolute atomic E-state index is 0.141. The fourth-order valence-corrected chi connectivity index (χ4v) is 6.68. The second kappa shape index (κ2) is 12.4. The summed E-state index contributed by atoms with van der Waals surface area (Å²) in [5.41, 5.74) is 0.247. The minimum atomic E-state index is -4.24. The van der Waals surface area contributed by atoms with E-state index >= 15 is 0 Å². The molecule has 12 nitrogen and oxygen atoms in total. The number of nitrogens with one attached hydrogen (secondary N) is 1. The van der Waals surface area contributed by atoms with Gasteiger partial charge in [-0.2, -0.15) is 0 Å². The number of hydrogen-bond donors (Lipinski definition) is 1. The summed E-state index contributed by atoms with van der Waals surface area (Å²) in [6.45, 7) is 7.04. The minimum Gasteiger partial charge on any atom is -0.494 e. The van der Waals surface area contributed by atoms with Crippen molar-refractivity contribution in [3.05, 3.63) is 71.7 Å². The zero-order valence-electron chi connectivity index (χ0n) is 25.9. The third-order valence-electron chi connectivity index (χ3n) is 7.33. The number of carbonyl (C=O) groups is 1. The first-order chi connectivity index (χ1) is 21.3. The summed E-state index contributed by atoms with van der Waals surface area (Å²) in [5.74, 6) is 0.906. The van der Waals surface area contributed by atoms with Gasteiger partial charge in [-0.1, -0.05) is 18.2 Å². The molecular weight excluding hydrogens is 605 g/mol. The van der Waals surface area contributed by atoms with Crippen LogP contribution in [0.3, 0.4) is 0 Å². The molecule has 0 spiro atoms. The molecule has 14 heteroatoms. The van der Waals surface area contributed by atoms with Gasteiger partial charge in [0.2, 0.25) is 21.8 Å². The molecule has 1 amide bonds. The number of amides is 1. The van der Waals surface area contributed by atoms with Crippen LogP contribution in [0.4, 0.5) is 15.1 Å². The van der Waals surface area contributed by atoms with Crippen LogP contribution < -0.4 is 14.2 Å². The first-order valence-electron chi connectivity index (χ1n) is 14.3. The van der Waals surface area contributed by atoms with Crippen molar-refractivity contribution in [1.82, 2.24) is 19.7 Å². The molecule has 0 radical (unpaired) electrons. The van der Waals surface area contributed by atoms with Crippen LogP contribution in [0.1, 0.15) is 44.4 Å². The highest BCUT2D eigenvalue weighted by atomic mass is 32.2. The Morgan fingerprint density at radius 2 is 1.67 bits per heavy atom. The number of aromatic nitrogens is 3. The maximum absolute atomic E-state index is 14.2. The van der Waals surface area contributed by atoms with Crippen LogP contribution in [-0.2, 0) is 14.8 Å². The Labute approximate surface area is 261 Å². The quantitative estimate of drug-likeness (QED) is 0.263. The molecule has 4 aromatic rings. The number of piperidine rings is 1. The molecule has 0 unspecified atom stereocenters. The molecule has 5 rings (SSSR count). The van der Waals surface area contributed by atoms with Gasteiger partial charge in [0.15, 0.2) is 5.76 Å². The summed E-state index contributed by atoms with van der Waals surface area (Å²) in [6.07, 6.45) is -0.497. The molecule has 0 aliphatic carbocycles. The van der Waals surface area contributed by atoms with Crippen LogP contribution in [-0.4, -0.2) is 72.3 Å². The van der Waals surface area contributed by atoms with E-state index in [1.54, 1.807) is 70.2 Å². The largest absolute Gasteiger partial charge is 0.494 e. The molecule has 1 saturated heterocycles. The van der Waals surface area contributed by atoms with Gasteiger partial charge >= 0.3 is 6.09 Å². The van der Waals surface area contributed by atoms with E-state index in [0.717, 1.165) is 0 Å². The molecule has 0 saturated carbocycles. The zero-order valence-corrected chi connectivity index (χ0v) is 26.7. The summed E-state index contributed by atoms with van der Waals surface area (Å²) in [5, 5.41) is 7.38. The molecular formula is C31H36FN5O7S. The van der Waals surface area contributed by atoms with Crippen molar-refractivity contribution in [2.45, 2.75) is 50.9 Å². The molecule has 2 aromatic heterocycles. The molecule has 2 aromatic carbocycles. The number of carbonyl (C=O) groups excluding carboxylic acids is 1. The maximum atomic E-state index is 14.2. The number of anilines is 1. The first kappa shape index (κ1) is 31.8. The van der Waals surface area contributed by atoms with Crippen molar-refractivity contribution in [1.29, 1.82) is 0 Å². The molecule has 0 bridgehead atoms. The second-order valence-electron chi connectivity index (χ2n) is 11.7. The summed E-state index contributed by atoms with van der Waals surface area (Å²) >= 11 is 0. The van der Waals surface area contributed by atoms with E-state index in [-0.39, 0.29) is 31.3 Å². The van der Waals surface area contributed by atoms with E-state index in [0.29, 0.717) is 34.3 Å². The van der Waals surface area contributed by atoms with Crippen molar-refractivity contribution in [2.75, 3.05) is 32.0 Å². The van der Waals surface area contributed by atoms with E-state index in [2.05, 4.69) is 14.9 Å². The average Bonchev–Trinajstić information content (AvgIpc) is 3.61. The number of rotatable bonds is 8. The molecule has 1 fully saturated rings. The third-order valence-corrected chi connectivity index (χ3v) is 9.01. The lowest BCUT2D eigenvalue weighted by atomic mass is 9.90. The van der Waals surface area contributed by atoms with E-state index < -0.39 is 38.7 Å². The number of hydrogen-bond acceptors (Lipinski definition) is 9. The van der Waals surface area contributed by atoms with Crippen molar-refractivity contribution in [3.63, 3.8) is 0 Å². The van der Waals surface area contributed by atoms with Gasteiger partial charge in [-0.15, -0.1) is 10.2 Å². The lowest BCUT2D eigenvalue weighted by Gasteiger charge is -2.38. The molecule has 1 aliphatic heterocycles. The monoisotopic (exact) mass is 641 g/mol. The summed E-state index contributed by atoms with van der Waals surface area (Å²) in [4.78, 5) is 14.6. The highest BCUT2D eigenvalue weighted by Crippen LogP contribution is 2.39. The van der Waals surface area contributed by atoms with Gasteiger partial charge in [0, 0.05) is 19.0 Å². The van der Waals surface area contributed by atoms with Crippen molar-refractivity contribution in [3.8, 4) is 28.8 Å². The number of likely N-dealkylation sites (tertiary alicyclic amines) is 1. The fraction of sp³-hybridized carbons (Fsp3) is 0.387. The Morgan fingerprint density at radius 1 is 1.00 bits per heavy atom. The highest BCUT2D eigenvalue weighted by Gasteiger charge is 2.40. The summed E-state index contributed by atoms with van der Waals surface area (Å²) in [6, 6.07) is 14.4. The topological polar surface area (TPSA) is 138 Å².